The lowest BCUT2D eigenvalue weighted by molar-refractivity contribution is -0.140. The molecule has 0 bridgehead atoms. The Morgan fingerprint density at radius 2 is 2.11 bits per heavy atom. The number of aliphatic hydroxyl groups is 1. The number of aliphatic hydroxyl groups excluding tert-OH is 1. The molecule has 3 N–H and O–H groups in total. The lowest BCUT2D eigenvalue weighted by atomic mass is 10.2. The minimum Gasteiger partial charge on any atom is -0.480 e. The van der Waals surface area contributed by atoms with Crippen molar-refractivity contribution in [3.8, 4) is 0 Å². The summed E-state index contributed by atoms with van der Waals surface area (Å²) in [5.74, 6) is -1.39. The van der Waals surface area contributed by atoms with Crippen molar-refractivity contribution in [1.29, 1.82) is 0 Å². The smallest absolute Gasteiger partial charge is 0.421 e. The fourth-order valence-corrected chi connectivity index (χ4v) is 2.87. The van der Waals surface area contributed by atoms with Crippen molar-refractivity contribution in [2.75, 3.05) is 13.2 Å². The molecule has 1 heterocycles. The maximum Gasteiger partial charge on any atom is 0.421 e. The fraction of sp³-hybridized carbons (Fsp3) is 0.750. The second-order valence-corrected chi connectivity index (χ2v) is 5.26. The topological polar surface area (TPSA) is 133 Å². The van der Waals surface area contributed by atoms with E-state index in [0.29, 0.717) is 4.31 Å². The number of hydrogen-bond acceptors (Lipinski definition) is 6. The van der Waals surface area contributed by atoms with Crippen LogP contribution >= 0.6 is 0 Å². The van der Waals surface area contributed by atoms with Crippen molar-refractivity contribution in [2.45, 2.75) is 25.5 Å². The average molecular weight is 282 g/mol. The summed E-state index contributed by atoms with van der Waals surface area (Å²) in [5, 5.41) is 18.1. The molecule has 0 aromatic heterocycles. The van der Waals surface area contributed by atoms with Gasteiger partial charge in [0.25, 0.3) is 0 Å². The molecular formula is C8H14N2O7S. The van der Waals surface area contributed by atoms with Crippen LogP contribution in [0.2, 0.25) is 0 Å². The molecule has 18 heavy (non-hydrogen) atoms. The average Bonchev–Trinajstić information content (AvgIpc) is 2.60. The third-order valence-corrected chi connectivity index (χ3v) is 3.76. The van der Waals surface area contributed by atoms with E-state index < -0.39 is 34.4 Å². The first-order chi connectivity index (χ1) is 8.27. The summed E-state index contributed by atoms with van der Waals surface area (Å²) in [5.41, 5.74) is 0. The highest BCUT2D eigenvalue weighted by Crippen LogP contribution is 2.20. The molecular weight excluding hydrogens is 268 g/mol. The van der Waals surface area contributed by atoms with Crippen LogP contribution in [-0.2, 0) is 19.7 Å². The van der Waals surface area contributed by atoms with Gasteiger partial charge in [0, 0.05) is 13.0 Å². The molecule has 0 aromatic rings. The van der Waals surface area contributed by atoms with E-state index in [1.165, 1.54) is 6.92 Å². The van der Waals surface area contributed by atoms with E-state index >= 15 is 0 Å². The lowest BCUT2D eigenvalue weighted by Crippen LogP contribution is -2.48. The first kappa shape index (κ1) is 14.7. The Kier molecular flexibility index (Phi) is 4.48. The number of carbonyl (C=O) groups is 2. The molecule has 1 saturated heterocycles. The number of hydrogen-bond donors (Lipinski definition) is 3. The second kappa shape index (κ2) is 5.50. The summed E-state index contributed by atoms with van der Waals surface area (Å²) in [4.78, 5) is 21.9. The van der Waals surface area contributed by atoms with Gasteiger partial charge in [-0.3, -0.25) is 4.79 Å². The molecule has 0 aliphatic carbocycles. The van der Waals surface area contributed by atoms with Gasteiger partial charge in [0.15, 0.2) is 0 Å². The number of nitrogens with one attached hydrogen (secondary N) is 1. The zero-order valence-electron chi connectivity index (χ0n) is 9.57. The number of β-amino-alcohol motifs (C(OH)–C–C–N with tert-alkyl or cyclic N) is 1. The predicted molar refractivity (Wildman–Crippen MR) is 57.8 cm³/mol. The van der Waals surface area contributed by atoms with E-state index in [4.69, 9.17) is 5.11 Å². The molecule has 0 unspecified atom stereocenters. The van der Waals surface area contributed by atoms with Gasteiger partial charge in [-0.1, -0.05) is 0 Å². The number of carboxylic acids is 1. The molecule has 9 nitrogen and oxygen atoms in total. The maximum atomic E-state index is 11.7. The standard InChI is InChI=1S/C8H14N2O7S/c1-2-17-8(14)9-18(15,16)10-4-5(11)3-6(10)7(12)13/h5-6,11H,2-4H2,1H3,(H,9,14)(H,12,13)/t5-,6-/m0/s1. The van der Waals surface area contributed by atoms with Gasteiger partial charge in [0.1, 0.15) is 6.04 Å². The van der Waals surface area contributed by atoms with Gasteiger partial charge in [0.05, 0.1) is 12.7 Å². The van der Waals surface area contributed by atoms with Crippen LogP contribution in [0, 0.1) is 0 Å². The van der Waals surface area contributed by atoms with Crippen LogP contribution in [0.1, 0.15) is 13.3 Å². The molecule has 1 aliphatic heterocycles. The summed E-state index contributed by atoms with van der Waals surface area (Å²) in [6, 6.07) is -1.40. The summed E-state index contributed by atoms with van der Waals surface area (Å²) in [7, 11) is -4.34. The monoisotopic (exact) mass is 282 g/mol. The number of carboxylic acid groups (broad SMARTS) is 1. The Balaban J connectivity index is 2.83. The number of aliphatic carboxylic acids is 1. The summed E-state index contributed by atoms with van der Waals surface area (Å²) >= 11 is 0. The first-order valence-electron chi connectivity index (χ1n) is 5.15. The number of nitrogens with zero attached hydrogens (tertiary/aromatic N) is 1. The van der Waals surface area contributed by atoms with Crippen molar-refractivity contribution < 1.29 is 33.0 Å². The molecule has 10 heteroatoms. The summed E-state index contributed by atoms with van der Waals surface area (Å²) in [6.45, 7) is 1.09. The quantitative estimate of drug-likeness (QED) is 0.571. The molecule has 2 atom stereocenters. The lowest BCUT2D eigenvalue weighted by Gasteiger charge is -2.20. The third kappa shape index (κ3) is 3.31. The van der Waals surface area contributed by atoms with E-state index in [1.807, 2.05) is 0 Å². The van der Waals surface area contributed by atoms with Gasteiger partial charge < -0.3 is 14.9 Å². The molecule has 1 amide bonds. The summed E-state index contributed by atoms with van der Waals surface area (Å²) < 4.78 is 29.9. The largest absolute Gasteiger partial charge is 0.480 e. The van der Waals surface area contributed by atoms with E-state index in [0.717, 1.165) is 0 Å². The first-order valence-corrected chi connectivity index (χ1v) is 6.59. The number of amides is 1. The molecule has 1 aliphatic rings. The van der Waals surface area contributed by atoms with Crippen molar-refractivity contribution in [1.82, 2.24) is 9.03 Å². The highest BCUT2D eigenvalue weighted by Gasteiger charge is 2.43. The van der Waals surface area contributed by atoms with Crippen molar-refractivity contribution in [3.05, 3.63) is 0 Å². The minimum atomic E-state index is -4.34. The number of ether oxygens (including phenoxy) is 1. The Morgan fingerprint density at radius 3 is 2.61 bits per heavy atom. The maximum absolute atomic E-state index is 11.7. The van der Waals surface area contributed by atoms with Gasteiger partial charge >= 0.3 is 22.3 Å². The van der Waals surface area contributed by atoms with E-state index in [2.05, 4.69) is 4.74 Å². The highest BCUT2D eigenvalue weighted by molar-refractivity contribution is 7.87. The molecule has 0 spiro atoms. The molecule has 1 rings (SSSR count). The Labute approximate surface area is 104 Å². The molecule has 0 saturated carbocycles. The third-order valence-electron chi connectivity index (χ3n) is 2.32. The summed E-state index contributed by atoms with van der Waals surface area (Å²) in [6.07, 6.45) is -2.49. The second-order valence-electron chi connectivity index (χ2n) is 3.64. The molecule has 1 fully saturated rings. The van der Waals surface area contributed by atoms with Crippen LogP contribution in [0.5, 0.6) is 0 Å². The predicted octanol–water partition coefficient (Wildman–Crippen LogP) is -1.50. The van der Waals surface area contributed by atoms with Gasteiger partial charge in [-0.15, -0.1) is 0 Å². The minimum absolute atomic E-state index is 0.0215. The SMILES string of the molecule is CCOC(=O)NS(=O)(=O)N1C[C@@H](O)C[C@H]1C(=O)O. The highest BCUT2D eigenvalue weighted by atomic mass is 32.2. The van der Waals surface area contributed by atoms with Crippen LogP contribution < -0.4 is 4.72 Å². The number of rotatable bonds is 4. The van der Waals surface area contributed by atoms with Crippen LogP contribution in [-0.4, -0.2) is 60.3 Å². The van der Waals surface area contributed by atoms with Crippen molar-refractivity contribution in [2.24, 2.45) is 0 Å². The van der Waals surface area contributed by atoms with Crippen LogP contribution in [0.25, 0.3) is 0 Å². The van der Waals surface area contributed by atoms with Gasteiger partial charge in [-0.05, 0) is 6.92 Å². The number of carbonyl (C=O) groups excluding carboxylic acids is 1. The van der Waals surface area contributed by atoms with Crippen LogP contribution in [0.3, 0.4) is 0 Å². The van der Waals surface area contributed by atoms with E-state index in [-0.39, 0.29) is 19.6 Å². The molecule has 0 aromatic carbocycles. The fourth-order valence-electron chi connectivity index (χ4n) is 1.60. The van der Waals surface area contributed by atoms with Gasteiger partial charge in [0.2, 0.25) is 0 Å². The van der Waals surface area contributed by atoms with Crippen LogP contribution in [0.15, 0.2) is 0 Å². The van der Waals surface area contributed by atoms with Crippen molar-refractivity contribution in [3.63, 3.8) is 0 Å². The van der Waals surface area contributed by atoms with Crippen molar-refractivity contribution >= 4 is 22.3 Å². The van der Waals surface area contributed by atoms with Crippen LogP contribution in [0.4, 0.5) is 4.79 Å². The normalized spacial score (nSPS) is 24.8. The zero-order chi connectivity index (χ0) is 13.9. The van der Waals surface area contributed by atoms with E-state index in [9.17, 15) is 23.1 Å². The Bertz CT molecular complexity index is 435. The zero-order valence-corrected chi connectivity index (χ0v) is 10.4. The van der Waals surface area contributed by atoms with Gasteiger partial charge in [-0.25, -0.2) is 9.52 Å². The molecule has 0 radical (unpaired) electrons. The Hall–Kier alpha value is -1.39. The molecule has 104 valence electrons. The van der Waals surface area contributed by atoms with Gasteiger partial charge in [-0.2, -0.15) is 12.7 Å². The Morgan fingerprint density at radius 1 is 1.50 bits per heavy atom. The van der Waals surface area contributed by atoms with E-state index in [1.54, 1.807) is 4.72 Å².